The SMILES string of the molecule is C[C@H]1CN([C@@H](C)CO)C(=O)CCCn2cc(nn2)CO[C@H]1CN(C)Cc1ccc2cccnc2c1. The molecule has 1 aromatic carbocycles. The van der Waals surface area contributed by atoms with E-state index < -0.39 is 0 Å². The van der Waals surface area contributed by atoms with Crippen LogP contribution in [0.5, 0.6) is 0 Å². The second kappa shape index (κ2) is 11.7. The highest BCUT2D eigenvalue weighted by atomic mass is 16.5. The summed E-state index contributed by atoms with van der Waals surface area (Å²) in [5.41, 5.74) is 2.96. The zero-order chi connectivity index (χ0) is 24.8. The Balaban J connectivity index is 1.50. The number of nitrogens with zero attached hydrogens (tertiary/aromatic N) is 6. The summed E-state index contributed by atoms with van der Waals surface area (Å²) in [6, 6.07) is 10.1. The minimum atomic E-state index is -0.240. The number of aryl methyl sites for hydroxylation is 1. The van der Waals surface area contributed by atoms with Gasteiger partial charge in [0.05, 0.1) is 37.1 Å². The summed E-state index contributed by atoms with van der Waals surface area (Å²) in [5.74, 6) is 0.109. The fraction of sp³-hybridized carbons (Fsp3) is 0.538. The van der Waals surface area contributed by atoms with E-state index in [0.717, 1.165) is 23.1 Å². The van der Waals surface area contributed by atoms with Crippen molar-refractivity contribution in [3.63, 3.8) is 0 Å². The lowest BCUT2D eigenvalue weighted by Gasteiger charge is -2.35. The first-order chi connectivity index (χ1) is 16.9. The molecule has 4 rings (SSSR count). The summed E-state index contributed by atoms with van der Waals surface area (Å²) in [5, 5.41) is 19.3. The quantitative estimate of drug-likeness (QED) is 0.579. The van der Waals surface area contributed by atoms with Crippen LogP contribution < -0.4 is 0 Å². The van der Waals surface area contributed by atoms with Crippen molar-refractivity contribution in [2.24, 2.45) is 5.92 Å². The maximum absolute atomic E-state index is 13.0. The van der Waals surface area contributed by atoms with Gasteiger partial charge >= 0.3 is 0 Å². The molecule has 0 saturated heterocycles. The van der Waals surface area contributed by atoms with Crippen LogP contribution in [0.2, 0.25) is 0 Å². The van der Waals surface area contributed by atoms with Crippen LogP contribution in [0, 0.1) is 5.92 Å². The number of aliphatic hydroxyl groups excluding tert-OH is 1. The first kappa shape index (κ1) is 25.2. The number of hydrogen-bond donors (Lipinski definition) is 1. The minimum Gasteiger partial charge on any atom is -0.394 e. The number of aromatic nitrogens is 4. The van der Waals surface area contributed by atoms with Gasteiger partial charge in [-0.05, 0) is 38.1 Å². The van der Waals surface area contributed by atoms with E-state index in [1.165, 1.54) is 5.56 Å². The molecule has 0 radical (unpaired) electrons. The van der Waals surface area contributed by atoms with E-state index in [1.807, 2.05) is 25.4 Å². The number of rotatable bonds is 6. The Hall–Kier alpha value is -2.88. The van der Waals surface area contributed by atoms with Crippen molar-refractivity contribution in [2.75, 3.05) is 26.7 Å². The van der Waals surface area contributed by atoms with Gasteiger partial charge < -0.3 is 14.7 Å². The standard InChI is InChI=1S/C26H36N6O3/c1-19-13-32(20(2)17-33)26(34)7-5-11-31-15-23(28-29-31)18-35-25(19)16-30(3)14-21-8-9-22-6-4-10-27-24(22)12-21/h4,6,8-10,12,15,19-20,25,33H,5,7,11,13-14,16-18H2,1-3H3/t19-,20-,25-/m0/s1. The van der Waals surface area contributed by atoms with Crippen molar-refractivity contribution < 1.29 is 14.6 Å². The van der Waals surface area contributed by atoms with Gasteiger partial charge in [0.1, 0.15) is 5.69 Å². The number of carbonyl (C=O) groups is 1. The summed E-state index contributed by atoms with van der Waals surface area (Å²) in [7, 11) is 2.08. The molecule has 2 bridgehead atoms. The van der Waals surface area contributed by atoms with Crippen molar-refractivity contribution in [1.82, 2.24) is 29.8 Å². The van der Waals surface area contributed by atoms with Gasteiger partial charge in [-0.1, -0.05) is 30.3 Å². The maximum atomic E-state index is 13.0. The smallest absolute Gasteiger partial charge is 0.222 e. The number of pyridine rings is 1. The van der Waals surface area contributed by atoms with Crippen LogP contribution in [-0.2, 0) is 29.2 Å². The molecule has 1 amide bonds. The lowest BCUT2D eigenvalue weighted by atomic mass is 10.0. The van der Waals surface area contributed by atoms with Crippen LogP contribution in [0.15, 0.2) is 42.7 Å². The van der Waals surface area contributed by atoms with Crippen molar-refractivity contribution in [2.45, 2.75) is 58.5 Å². The van der Waals surface area contributed by atoms with Crippen molar-refractivity contribution in [1.29, 1.82) is 0 Å². The van der Waals surface area contributed by atoms with E-state index in [4.69, 9.17) is 4.74 Å². The molecule has 3 atom stereocenters. The monoisotopic (exact) mass is 480 g/mol. The predicted octanol–water partition coefficient (Wildman–Crippen LogP) is 2.48. The van der Waals surface area contributed by atoms with Crippen molar-refractivity contribution in [3.05, 3.63) is 54.0 Å². The van der Waals surface area contributed by atoms with Gasteiger partial charge in [-0.2, -0.15) is 0 Å². The van der Waals surface area contributed by atoms with Gasteiger partial charge in [-0.25, -0.2) is 0 Å². The normalized spacial score (nSPS) is 20.9. The minimum absolute atomic E-state index is 0.0498. The maximum Gasteiger partial charge on any atom is 0.222 e. The molecule has 0 saturated carbocycles. The zero-order valence-corrected chi connectivity index (χ0v) is 20.9. The molecule has 0 unspecified atom stereocenters. The van der Waals surface area contributed by atoms with Crippen molar-refractivity contribution >= 4 is 16.8 Å². The second-order valence-corrected chi connectivity index (χ2v) is 9.71. The van der Waals surface area contributed by atoms with Gasteiger partial charge in [-0.3, -0.25) is 19.4 Å². The third-order valence-electron chi connectivity index (χ3n) is 6.66. The van der Waals surface area contributed by atoms with E-state index in [2.05, 4.69) is 58.4 Å². The van der Waals surface area contributed by atoms with Crippen LogP contribution in [0.4, 0.5) is 0 Å². The Morgan fingerprint density at radius 3 is 3.00 bits per heavy atom. The lowest BCUT2D eigenvalue weighted by Crippen LogP contribution is -2.47. The summed E-state index contributed by atoms with van der Waals surface area (Å²) in [6.45, 7) is 6.90. The van der Waals surface area contributed by atoms with Crippen LogP contribution in [0.3, 0.4) is 0 Å². The van der Waals surface area contributed by atoms with E-state index >= 15 is 0 Å². The van der Waals surface area contributed by atoms with Gasteiger partial charge in [0, 0.05) is 50.1 Å². The van der Waals surface area contributed by atoms with Gasteiger partial charge in [0.25, 0.3) is 0 Å². The van der Waals surface area contributed by atoms with Crippen LogP contribution in [0.1, 0.15) is 37.9 Å². The van der Waals surface area contributed by atoms with Crippen LogP contribution >= 0.6 is 0 Å². The number of hydrogen-bond acceptors (Lipinski definition) is 7. The molecule has 35 heavy (non-hydrogen) atoms. The van der Waals surface area contributed by atoms with Crippen molar-refractivity contribution in [3.8, 4) is 0 Å². The van der Waals surface area contributed by atoms with E-state index in [1.54, 1.807) is 9.58 Å². The molecule has 9 heteroatoms. The zero-order valence-electron chi connectivity index (χ0n) is 20.9. The highest BCUT2D eigenvalue weighted by molar-refractivity contribution is 5.78. The Morgan fingerprint density at radius 2 is 2.17 bits per heavy atom. The predicted molar refractivity (Wildman–Crippen MR) is 133 cm³/mol. The molecular weight excluding hydrogens is 444 g/mol. The fourth-order valence-electron chi connectivity index (χ4n) is 4.59. The molecule has 1 aliphatic rings. The summed E-state index contributed by atoms with van der Waals surface area (Å²) >= 11 is 0. The third kappa shape index (κ3) is 6.62. The highest BCUT2D eigenvalue weighted by Crippen LogP contribution is 2.19. The highest BCUT2D eigenvalue weighted by Gasteiger charge is 2.28. The first-order valence-electron chi connectivity index (χ1n) is 12.4. The number of likely N-dealkylation sites (N-methyl/N-ethyl adjacent to an activating group) is 1. The molecule has 188 valence electrons. The van der Waals surface area contributed by atoms with Crippen LogP contribution in [-0.4, -0.2) is 79.7 Å². The number of fused-ring (bicyclic) bond motifs is 3. The Kier molecular flexibility index (Phi) is 8.43. The molecule has 0 aliphatic carbocycles. The summed E-state index contributed by atoms with van der Waals surface area (Å²) in [4.78, 5) is 21.5. The fourth-order valence-corrected chi connectivity index (χ4v) is 4.59. The third-order valence-corrected chi connectivity index (χ3v) is 6.66. The van der Waals surface area contributed by atoms with Gasteiger partial charge in [0.2, 0.25) is 5.91 Å². The number of amides is 1. The number of benzene rings is 1. The Bertz CT molecular complexity index is 1120. The largest absolute Gasteiger partial charge is 0.394 e. The number of carbonyl (C=O) groups excluding carboxylic acids is 1. The summed E-state index contributed by atoms with van der Waals surface area (Å²) in [6.07, 6.45) is 4.66. The first-order valence-corrected chi connectivity index (χ1v) is 12.4. The van der Waals surface area contributed by atoms with Crippen LogP contribution in [0.25, 0.3) is 10.9 Å². The molecule has 0 spiro atoms. The topological polar surface area (TPSA) is 96.6 Å². The molecule has 3 aromatic rings. The average Bonchev–Trinajstić information content (AvgIpc) is 3.31. The molecular formula is C26H36N6O3. The number of aliphatic hydroxyl groups is 1. The number of ether oxygens (including phenoxy) is 1. The van der Waals surface area contributed by atoms with E-state index in [0.29, 0.717) is 39.1 Å². The van der Waals surface area contributed by atoms with E-state index in [-0.39, 0.29) is 30.6 Å². The van der Waals surface area contributed by atoms with Gasteiger partial charge in [0.15, 0.2) is 0 Å². The Morgan fingerprint density at radius 1 is 1.31 bits per heavy atom. The van der Waals surface area contributed by atoms with Gasteiger partial charge in [-0.15, -0.1) is 5.10 Å². The lowest BCUT2D eigenvalue weighted by molar-refractivity contribution is -0.136. The molecule has 1 aliphatic heterocycles. The summed E-state index contributed by atoms with van der Waals surface area (Å²) < 4.78 is 8.14. The molecule has 1 N–H and O–H groups in total. The molecule has 9 nitrogen and oxygen atoms in total. The van der Waals surface area contributed by atoms with E-state index in [9.17, 15) is 9.90 Å². The second-order valence-electron chi connectivity index (χ2n) is 9.71. The molecule has 0 fully saturated rings. The molecule has 2 aromatic heterocycles. The molecule has 3 heterocycles. The Labute approximate surface area is 206 Å². The average molecular weight is 481 g/mol.